The lowest BCUT2D eigenvalue weighted by molar-refractivity contribution is -0.130. The van der Waals surface area contributed by atoms with Gasteiger partial charge in [0.15, 0.2) is 0 Å². The van der Waals surface area contributed by atoms with Crippen molar-refractivity contribution in [3.63, 3.8) is 0 Å². The first-order valence-corrected chi connectivity index (χ1v) is 8.61. The average molecular weight is 328 g/mol. The molecule has 0 spiro atoms. The van der Waals surface area contributed by atoms with Crippen molar-refractivity contribution in [1.82, 2.24) is 14.5 Å². The van der Waals surface area contributed by atoms with Crippen LogP contribution in [0.15, 0.2) is 30.9 Å². The van der Waals surface area contributed by atoms with Gasteiger partial charge in [-0.25, -0.2) is 4.98 Å². The van der Waals surface area contributed by atoms with Gasteiger partial charge in [0.25, 0.3) is 0 Å². The number of amides is 1. The van der Waals surface area contributed by atoms with E-state index in [1.807, 2.05) is 16.8 Å². The summed E-state index contributed by atoms with van der Waals surface area (Å²) in [6.07, 6.45) is 9.43. The molecule has 24 heavy (non-hydrogen) atoms. The molecule has 0 saturated carbocycles. The van der Waals surface area contributed by atoms with Crippen molar-refractivity contribution in [3.05, 3.63) is 42.2 Å². The Morgan fingerprint density at radius 2 is 2.29 bits per heavy atom. The predicted molar refractivity (Wildman–Crippen MR) is 91.6 cm³/mol. The maximum atomic E-state index is 12.9. The van der Waals surface area contributed by atoms with Gasteiger partial charge < -0.3 is 14.6 Å². The van der Waals surface area contributed by atoms with Crippen molar-refractivity contribution in [1.29, 1.82) is 0 Å². The van der Waals surface area contributed by atoms with E-state index in [9.17, 15) is 4.79 Å². The first-order chi connectivity index (χ1) is 11.7. The number of ether oxygens (including phenoxy) is 1. The lowest BCUT2D eigenvalue weighted by Gasteiger charge is -2.30. The quantitative estimate of drug-likeness (QED) is 0.916. The average Bonchev–Trinajstić information content (AvgIpc) is 3.10. The van der Waals surface area contributed by atoms with Crippen LogP contribution in [0.2, 0.25) is 0 Å². The van der Waals surface area contributed by atoms with E-state index in [1.165, 1.54) is 0 Å². The fraction of sp³-hybridized carbons (Fsp3) is 0.500. The molecule has 128 valence electrons. The van der Waals surface area contributed by atoms with Gasteiger partial charge in [-0.2, -0.15) is 0 Å². The highest BCUT2D eigenvalue weighted by Gasteiger charge is 2.35. The molecular weight excluding hydrogens is 304 g/mol. The van der Waals surface area contributed by atoms with Gasteiger partial charge in [-0.3, -0.25) is 9.78 Å². The van der Waals surface area contributed by atoms with Crippen molar-refractivity contribution in [3.8, 4) is 0 Å². The summed E-state index contributed by atoms with van der Waals surface area (Å²) < 4.78 is 7.98. The third-order valence-electron chi connectivity index (χ3n) is 4.54. The number of hydrogen-bond acceptors (Lipinski definition) is 4. The summed E-state index contributed by atoms with van der Waals surface area (Å²) in [6, 6.07) is 1.85. The maximum absolute atomic E-state index is 12.9. The Bertz CT molecular complexity index is 698. The molecule has 2 atom stereocenters. The van der Waals surface area contributed by atoms with Crippen molar-refractivity contribution >= 4 is 11.6 Å². The molecular formula is C18H24N4O2. The highest BCUT2D eigenvalue weighted by atomic mass is 16.5. The molecule has 1 aliphatic rings. The van der Waals surface area contributed by atoms with Crippen LogP contribution in [-0.4, -0.2) is 27.0 Å². The Labute approximate surface area is 142 Å². The normalized spacial score (nSPS) is 20.8. The minimum atomic E-state index is -0.291. The molecule has 0 aromatic carbocycles. The van der Waals surface area contributed by atoms with Crippen molar-refractivity contribution in [2.24, 2.45) is 5.92 Å². The van der Waals surface area contributed by atoms with E-state index in [-0.39, 0.29) is 17.9 Å². The van der Waals surface area contributed by atoms with E-state index in [1.54, 1.807) is 18.6 Å². The molecule has 0 aliphatic carbocycles. The van der Waals surface area contributed by atoms with Crippen molar-refractivity contribution < 1.29 is 9.53 Å². The van der Waals surface area contributed by atoms with Gasteiger partial charge in [-0.15, -0.1) is 0 Å². The molecule has 0 bridgehead atoms. The summed E-state index contributed by atoms with van der Waals surface area (Å²) in [7, 11) is 0. The van der Waals surface area contributed by atoms with Crippen LogP contribution in [-0.2, 0) is 22.5 Å². The zero-order valence-corrected chi connectivity index (χ0v) is 14.2. The monoisotopic (exact) mass is 328 g/mol. The summed E-state index contributed by atoms with van der Waals surface area (Å²) in [4.78, 5) is 21.4. The van der Waals surface area contributed by atoms with Gasteiger partial charge in [-0.1, -0.05) is 6.92 Å². The highest BCUT2D eigenvalue weighted by molar-refractivity contribution is 5.93. The van der Waals surface area contributed by atoms with E-state index < -0.39 is 0 Å². The molecule has 6 heteroatoms. The van der Waals surface area contributed by atoms with Crippen molar-refractivity contribution in [2.75, 3.05) is 11.9 Å². The van der Waals surface area contributed by atoms with Gasteiger partial charge in [0.2, 0.25) is 5.91 Å². The second kappa shape index (κ2) is 7.57. The van der Waals surface area contributed by atoms with E-state index in [0.29, 0.717) is 6.61 Å². The summed E-state index contributed by atoms with van der Waals surface area (Å²) in [5, 5.41) is 3.06. The molecule has 0 unspecified atom stereocenters. The summed E-state index contributed by atoms with van der Waals surface area (Å²) in [5.41, 5.74) is 1.87. The van der Waals surface area contributed by atoms with Gasteiger partial charge in [0.05, 0.1) is 5.92 Å². The Hall–Kier alpha value is -2.21. The molecule has 6 nitrogen and oxygen atoms in total. The molecule has 3 rings (SSSR count). The zero-order chi connectivity index (χ0) is 16.9. The number of nitrogens with zero attached hydrogens (tertiary/aromatic N) is 3. The Balaban J connectivity index is 1.81. The predicted octanol–water partition coefficient (Wildman–Crippen LogP) is 2.97. The third-order valence-corrected chi connectivity index (χ3v) is 4.54. The second-order valence-corrected chi connectivity index (χ2v) is 5.99. The molecule has 1 saturated heterocycles. The van der Waals surface area contributed by atoms with Crippen LogP contribution in [0, 0.1) is 5.92 Å². The number of rotatable bonds is 5. The number of pyridine rings is 1. The number of anilines is 1. The first kappa shape index (κ1) is 16.6. The van der Waals surface area contributed by atoms with Crippen LogP contribution < -0.4 is 5.32 Å². The molecule has 3 heterocycles. The van der Waals surface area contributed by atoms with Gasteiger partial charge >= 0.3 is 0 Å². The van der Waals surface area contributed by atoms with Crippen LogP contribution >= 0.6 is 0 Å². The van der Waals surface area contributed by atoms with E-state index in [0.717, 1.165) is 42.9 Å². The summed E-state index contributed by atoms with van der Waals surface area (Å²) >= 11 is 0. The van der Waals surface area contributed by atoms with Crippen LogP contribution in [0.5, 0.6) is 0 Å². The SMILES string of the molecule is CCc1cnccc1NC(=O)[C@@H]1CCCO[C@H]1c1nccn1CC. The third kappa shape index (κ3) is 3.33. The molecule has 2 aromatic heterocycles. The van der Waals surface area contributed by atoms with Gasteiger partial charge in [-0.05, 0) is 37.8 Å². The minimum Gasteiger partial charge on any atom is -0.369 e. The molecule has 1 aliphatic heterocycles. The van der Waals surface area contributed by atoms with E-state index in [2.05, 4.69) is 29.1 Å². The number of aromatic nitrogens is 3. The number of aryl methyl sites for hydroxylation is 2. The fourth-order valence-electron chi connectivity index (χ4n) is 3.21. The topological polar surface area (TPSA) is 69.0 Å². The molecule has 1 N–H and O–H groups in total. The van der Waals surface area contributed by atoms with E-state index >= 15 is 0 Å². The Morgan fingerprint density at radius 3 is 3.08 bits per heavy atom. The van der Waals surface area contributed by atoms with Crippen LogP contribution in [0.3, 0.4) is 0 Å². The number of hydrogen-bond donors (Lipinski definition) is 1. The zero-order valence-electron chi connectivity index (χ0n) is 14.2. The Morgan fingerprint density at radius 1 is 1.42 bits per heavy atom. The number of imidazole rings is 1. The number of nitrogens with one attached hydrogen (secondary N) is 1. The molecule has 0 radical (unpaired) electrons. The smallest absolute Gasteiger partial charge is 0.230 e. The lowest BCUT2D eigenvalue weighted by atomic mass is 9.92. The summed E-state index contributed by atoms with van der Waals surface area (Å²) in [6.45, 7) is 5.60. The lowest BCUT2D eigenvalue weighted by Crippen LogP contribution is -2.34. The van der Waals surface area contributed by atoms with Gasteiger partial charge in [0, 0.05) is 43.6 Å². The fourth-order valence-corrected chi connectivity index (χ4v) is 3.21. The van der Waals surface area contributed by atoms with Gasteiger partial charge in [0.1, 0.15) is 11.9 Å². The second-order valence-electron chi connectivity index (χ2n) is 5.99. The molecule has 1 amide bonds. The van der Waals surface area contributed by atoms with Crippen LogP contribution in [0.1, 0.15) is 44.2 Å². The number of carbonyl (C=O) groups is 1. The largest absolute Gasteiger partial charge is 0.369 e. The van der Waals surface area contributed by atoms with Crippen LogP contribution in [0.25, 0.3) is 0 Å². The first-order valence-electron chi connectivity index (χ1n) is 8.61. The number of carbonyl (C=O) groups excluding carboxylic acids is 1. The molecule has 1 fully saturated rings. The summed E-state index contributed by atoms with van der Waals surface area (Å²) in [5.74, 6) is 0.596. The van der Waals surface area contributed by atoms with Crippen LogP contribution in [0.4, 0.5) is 5.69 Å². The van der Waals surface area contributed by atoms with E-state index in [4.69, 9.17) is 4.74 Å². The highest BCUT2D eigenvalue weighted by Crippen LogP contribution is 2.34. The minimum absolute atomic E-state index is 0.00810. The maximum Gasteiger partial charge on any atom is 0.230 e. The standard InChI is InChI=1S/C18H24N4O2/c1-3-13-12-19-8-7-15(13)21-18(23)14-6-5-11-24-16(14)17-20-9-10-22(17)4-2/h7-10,12,14,16H,3-6,11H2,1-2H3,(H,19,21,23)/t14-,16-/m1/s1. The molecule has 2 aromatic rings. The van der Waals surface area contributed by atoms with Crippen molar-refractivity contribution in [2.45, 2.75) is 45.8 Å². The Kier molecular flexibility index (Phi) is 5.25.